The van der Waals surface area contributed by atoms with Crippen molar-refractivity contribution < 1.29 is 24.2 Å². The Morgan fingerprint density at radius 2 is 2.00 bits per heavy atom. The maximum Gasteiger partial charge on any atom is 0.410 e. The summed E-state index contributed by atoms with van der Waals surface area (Å²) in [7, 11) is 0. The Morgan fingerprint density at radius 3 is 2.52 bits per heavy atom. The van der Waals surface area contributed by atoms with E-state index in [-0.39, 0.29) is 19.1 Å². The minimum atomic E-state index is -0.820. The summed E-state index contributed by atoms with van der Waals surface area (Å²) in [5.74, 6) is -0.340. The molecule has 6 nitrogen and oxygen atoms in total. The van der Waals surface area contributed by atoms with Crippen LogP contribution in [0.15, 0.2) is 0 Å². The van der Waals surface area contributed by atoms with E-state index in [1.165, 1.54) is 0 Å². The number of likely N-dealkylation sites (tertiary alicyclic amines) is 1. The zero-order valence-electron chi connectivity index (χ0n) is 13.5. The molecule has 1 N–H and O–H groups in total. The lowest BCUT2D eigenvalue weighted by Gasteiger charge is -2.40. The van der Waals surface area contributed by atoms with Crippen LogP contribution in [0.3, 0.4) is 0 Å². The first-order valence-corrected chi connectivity index (χ1v) is 7.50. The Labute approximate surface area is 126 Å². The number of carbonyl (C=O) groups is 2. The van der Waals surface area contributed by atoms with Crippen molar-refractivity contribution in [3.05, 3.63) is 0 Å². The zero-order valence-corrected chi connectivity index (χ0v) is 13.5. The van der Waals surface area contributed by atoms with Gasteiger partial charge in [0.15, 0.2) is 0 Å². The minimum absolute atomic E-state index is 0.110. The van der Waals surface area contributed by atoms with Gasteiger partial charge in [-0.1, -0.05) is 0 Å². The fourth-order valence-electron chi connectivity index (χ4n) is 2.59. The third-order valence-electron chi connectivity index (χ3n) is 3.53. The standard InChI is InChI=1S/C15H27NO5/c1-5-20-12(18)15(8-10-17)7-6-9-16(11-15)13(19)21-14(2,3)4/h17H,5-11H2,1-4H3. The van der Waals surface area contributed by atoms with Crippen LogP contribution in [0.4, 0.5) is 4.79 Å². The molecule has 1 rings (SSSR count). The van der Waals surface area contributed by atoms with E-state index in [1.807, 2.05) is 0 Å². The molecule has 0 bridgehead atoms. The molecule has 0 saturated carbocycles. The Balaban J connectivity index is 2.83. The van der Waals surface area contributed by atoms with Gasteiger partial charge in [-0.2, -0.15) is 0 Å². The molecule has 21 heavy (non-hydrogen) atoms. The molecule has 0 aromatic carbocycles. The predicted octanol–water partition coefficient (Wildman–Crippen LogP) is 1.95. The zero-order chi connectivity index (χ0) is 16.1. The molecule has 0 aromatic rings. The van der Waals surface area contributed by atoms with E-state index in [9.17, 15) is 14.7 Å². The summed E-state index contributed by atoms with van der Waals surface area (Å²) < 4.78 is 10.5. The lowest BCUT2D eigenvalue weighted by atomic mass is 9.77. The molecular formula is C15H27NO5. The second-order valence-corrected chi connectivity index (χ2v) is 6.48. The second kappa shape index (κ2) is 7.11. The van der Waals surface area contributed by atoms with E-state index < -0.39 is 17.1 Å². The molecule has 1 amide bonds. The fraction of sp³-hybridized carbons (Fsp3) is 0.867. The van der Waals surface area contributed by atoms with Gasteiger partial charge in [0.1, 0.15) is 5.60 Å². The van der Waals surface area contributed by atoms with Crippen molar-refractivity contribution in [2.75, 3.05) is 26.3 Å². The highest BCUT2D eigenvalue weighted by molar-refractivity contribution is 5.78. The van der Waals surface area contributed by atoms with Gasteiger partial charge in [0.25, 0.3) is 0 Å². The lowest BCUT2D eigenvalue weighted by Crippen LogP contribution is -2.52. The van der Waals surface area contributed by atoms with Crippen LogP contribution in [0.25, 0.3) is 0 Å². The largest absolute Gasteiger partial charge is 0.466 e. The van der Waals surface area contributed by atoms with Crippen LogP contribution in [-0.4, -0.2) is 54.0 Å². The highest BCUT2D eigenvalue weighted by atomic mass is 16.6. The molecule has 122 valence electrons. The number of rotatable bonds is 4. The summed E-state index contributed by atoms with van der Waals surface area (Å²) in [6, 6.07) is 0. The Hall–Kier alpha value is -1.30. The lowest BCUT2D eigenvalue weighted by molar-refractivity contribution is -0.160. The van der Waals surface area contributed by atoms with Gasteiger partial charge in [-0.05, 0) is 47.0 Å². The normalized spacial score (nSPS) is 22.8. The average Bonchev–Trinajstić information content (AvgIpc) is 2.37. The molecule has 0 aromatic heterocycles. The summed E-state index contributed by atoms with van der Waals surface area (Å²) in [6.07, 6.45) is 1.18. The SMILES string of the molecule is CCOC(=O)C1(CCO)CCCN(C(=O)OC(C)(C)C)C1. The van der Waals surface area contributed by atoms with Crippen LogP contribution >= 0.6 is 0 Å². The Bertz CT molecular complexity index is 373. The summed E-state index contributed by atoms with van der Waals surface area (Å²) in [5, 5.41) is 9.27. The Morgan fingerprint density at radius 1 is 1.33 bits per heavy atom. The monoisotopic (exact) mass is 301 g/mol. The first-order valence-electron chi connectivity index (χ1n) is 7.50. The van der Waals surface area contributed by atoms with Gasteiger partial charge in [0, 0.05) is 19.7 Å². The first-order chi connectivity index (χ1) is 9.74. The molecule has 1 aliphatic heterocycles. The van der Waals surface area contributed by atoms with Gasteiger partial charge in [0.05, 0.1) is 12.0 Å². The number of piperidine rings is 1. The molecule has 0 aliphatic carbocycles. The van der Waals surface area contributed by atoms with Crippen molar-refractivity contribution in [3.63, 3.8) is 0 Å². The molecule has 1 fully saturated rings. The van der Waals surface area contributed by atoms with Crippen molar-refractivity contribution in [1.29, 1.82) is 0 Å². The quantitative estimate of drug-likeness (QED) is 0.803. The number of nitrogens with zero attached hydrogens (tertiary/aromatic N) is 1. The summed E-state index contributed by atoms with van der Waals surface area (Å²) in [5.41, 5.74) is -1.39. The highest BCUT2D eigenvalue weighted by Crippen LogP contribution is 2.35. The summed E-state index contributed by atoms with van der Waals surface area (Å²) >= 11 is 0. The van der Waals surface area contributed by atoms with Gasteiger partial charge >= 0.3 is 12.1 Å². The molecule has 0 spiro atoms. The van der Waals surface area contributed by atoms with Crippen LogP contribution in [-0.2, 0) is 14.3 Å². The van der Waals surface area contributed by atoms with Crippen molar-refractivity contribution in [2.45, 2.75) is 52.6 Å². The number of aliphatic hydroxyl groups is 1. The van der Waals surface area contributed by atoms with E-state index in [1.54, 1.807) is 32.6 Å². The van der Waals surface area contributed by atoms with E-state index in [4.69, 9.17) is 9.47 Å². The van der Waals surface area contributed by atoms with E-state index in [2.05, 4.69) is 0 Å². The highest BCUT2D eigenvalue weighted by Gasteiger charge is 2.45. The maximum atomic E-state index is 12.3. The fourth-order valence-corrected chi connectivity index (χ4v) is 2.59. The van der Waals surface area contributed by atoms with Gasteiger partial charge in [-0.3, -0.25) is 4.79 Å². The smallest absolute Gasteiger partial charge is 0.410 e. The van der Waals surface area contributed by atoms with Crippen molar-refractivity contribution >= 4 is 12.1 Å². The third-order valence-corrected chi connectivity index (χ3v) is 3.53. The minimum Gasteiger partial charge on any atom is -0.466 e. The van der Waals surface area contributed by atoms with E-state index in [0.29, 0.717) is 32.4 Å². The second-order valence-electron chi connectivity index (χ2n) is 6.48. The number of amides is 1. The van der Waals surface area contributed by atoms with Gasteiger partial charge in [0.2, 0.25) is 0 Å². The molecule has 0 radical (unpaired) electrons. The number of esters is 1. The van der Waals surface area contributed by atoms with E-state index >= 15 is 0 Å². The van der Waals surface area contributed by atoms with Crippen LogP contribution in [0.2, 0.25) is 0 Å². The number of hydrogen-bond acceptors (Lipinski definition) is 5. The van der Waals surface area contributed by atoms with Crippen LogP contribution in [0, 0.1) is 5.41 Å². The van der Waals surface area contributed by atoms with Crippen molar-refractivity contribution in [2.24, 2.45) is 5.41 Å². The first kappa shape index (κ1) is 17.8. The number of ether oxygens (including phenoxy) is 2. The molecule has 1 saturated heterocycles. The van der Waals surface area contributed by atoms with Crippen molar-refractivity contribution in [3.8, 4) is 0 Å². The number of carbonyl (C=O) groups excluding carboxylic acids is 2. The van der Waals surface area contributed by atoms with E-state index in [0.717, 1.165) is 0 Å². The summed E-state index contributed by atoms with van der Waals surface area (Å²) in [4.78, 5) is 26.0. The van der Waals surface area contributed by atoms with Gasteiger partial charge in [-0.25, -0.2) is 4.79 Å². The molecule has 1 heterocycles. The van der Waals surface area contributed by atoms with Crippen LogP contribution in [0.5, 0.6) is 0 Å². The van der Waals surface area contributed by atoms with Crippen LogP contribution in [0.1, 0.15) is 47.0 Å². The molecular weight excluding hydrogens is 274 g/mol. The molecule has 1 atom stereocenters. The number of hydrogen-bond donors (Lipinski definition) is 1. The predicted molar refractivity (Wildman–Crippen MR) is 77.8 cm³/mol. The maximum absolute atomic E-state index is 12.3. The summed E-state index contributed by atoms with van der Waals surface area (Å²) in [6.45, 7) is 8.14. The average molecular weight is 301 g/mol. The van der Waals surface area contributed by atoms with Crippen LogP contribution < -0.4 is 0 Å². The Kier molecular flexibility index (Phi) is 6.01. The topological polar surface area (TPSA) is 76.1 Å². The number of aliphatic hydroxyl groups excluding tert-OH is 1. The van der Waals surface area contributed by atoms with Gasteiger partial charge < -0.3 is 19.5 Å². The van der Waals surface area contributed by atoms with Gasteiger partial charge in [-0.15, -0.1) is 0 Å². The molecule has 1 unspecified atom stereocenters. The molecule has 1 aliphatic rings. The molecule has 6 heteroatoms. The third kappa shape index (κ3) is 4.88. The van der Waals surface area contributed by atoms with Crippen molar-refractivity contribution in [1.82, 2.24) is 4.90 Å².